The number of methoxy groups -OCH3 is 2. The molecule has 142 valence electrons. The summed E-state index contributed by atoms with van der Waals surface area (Å²) in [4.78, 5) is 4.24. The molecule has 0 radical (unpaired) electrons. The van der Waals surface area contributed by atoms with Crippen LogP contribution in [-0.2, 0) is 23.6 Å². The third-order valence-electron chi connectivity index (χ3n) is 4.04. The van der Waals surface area contributed by atoms with Gasteiger partial charge in [-0.1, -0.05) is 0 Å². The molecule has 0 spiro atoms. The first-order valence-corrected chi connectivity index (χ1v) is 9.57. The van der Waals surface area contributed by atoms with E-state index in [9.17, 15) is 8.42 Å². The van der Waals surface area contributed by atoms with Gasteiger partial charge >= 0.3 is 0 Å². The number of aryl methyl sites for hydroxylation is 1. The molecular weight excluding hydrogens is 368 g/mol. The normalized spacial score (nSPS) is 11.4. The Morgan fingerprint density at radius 2 is 1.93 bits per heavy atom. The van der Waals surface area contributed by atoms with Crippen molar-refractivity contribution in [3.8, 4) is 22.8 Å². The van der Waals surface area contributed by atoms with Crippen molar-refractivity contribution in [2.75, 3.05) is 14.2 Å². The Morgan fingerprint density at radius 3 is 2.59 bits per heavy atom. The monoisotopic (exact) mass is 388 g/mol. The Kier molecular flexibility index (Phi) is 5.43. The van der Waals surface area contributed by atoms with Crippen LogP contribution < -0.4 is 14.2 Å². The summed E-state index contributed by atoms with van der Waals surface area (Å²) in [5.74, 6) is 0.725. The molecule has 9 heteroatoms. The summed E-state index contributed by atoms with van der Waals surface area (Å²) in [7, 11) is 0.972. The number of rotatable bonds is 7. The fourth-order valence-electron chi connectivity index (χ4n) is 2.63. The third-order valence-corrected chi connectivity index (χ3v) is 5.48. The molecule has 0 aliphatic rings. The maximum atomic E-state index is 12.7. The van der Waals surface area contributed by atoms with Gasteiger partial charge < -0.3 is 9.47 Å². The van der Waals surface area contributed by atoms with Crippen molar-refractivity contribution in [1.82, 2.24) is 19.5 Å². The number of nitrogens with one attached hydrogen (secondary N) is 1. The summed E-state index contributed by atoms with van der Waals surface area (Å²) in [6.45, 7) is 0.0935. The van der Waals surface area contributed by atoms with Crippen LogP contribution in [0.15, 0.2) is 53.8 Å². The van der Waals surface area contributed by atoms with Crippen LogP contribution >= 0.6 is 0 Å². The van der Waals surface area contributed by atoms with Crippen molar-refractivity contribution in [3.05, 3.63) is 54.5 Å². The number of hydrogen-bond acceptors (Lipinski definition) is 6. The smallest absolute Gasteiger partial charge is 0.244 e. The van der Waals surface area contributed by atoms with E-state index in [1.54, 1.807) is 29.3 Å². The van der Waals surface area contributed by atoms with Gasteiger partial charge in [-0.15, -0.1) is 0 Å². The van der Waals surface area contributed by atoms with Gasteiger partial charge in [-0.2, -0.15) is 5.10 Å². The van der Waals surface area contributed by atoms with Gasteiger partial charge in [-0.25, -0.2) is 13.1 Å². The minimum Gasteiger partial charge on any atom is -0.497 e. The van der Waals surface area contributed by atoms with Crippen molar-refractivity contribution < 1.29 is 17.9 Å². The van der Waals surface area contributed by atoms with Gasteiger partial charge in [0.05, 0.1) is 19.9 Å². The third kappa shape index (κ3) is 4.09. The lowest BCUT2D eigenvalue weighted by Gasteiger charge is -2.12. The Morgan fingerprint density at radius 1 is 1.11 bits per heavy atom. The van der Waals surface area contributed by atoms with E-state index in [1.165, 1.54) is 26.4 Å². The Labute approximate surface area is 157 Å². The first-order chi connectivity index (χ1) is 12.9. The molecule has 3 aromatic rings. The molecule has 0 atom stereocenters. The van der Waals surface area contributed by atoms with Gasteiger partial charge in [0.2, 0.25) is 10.0 Å². The summed E-state index contributed by atoms with van der Waals surface area (Å²) in [5, 5.41) is 4.13. The highest BCUT2D eigenvalue weighted by atomic mass is 32.2. The van der Waals surface area contributed by atoms with Gasteiger partial charge in [-0.05, 0) is 29.8 Å². The van der Waals surface area contributed by atoms with E-state index in [-0.39, 0.29) is 17.2 Å². The van der Waals surface area contributed by atoms with Crippen molar-refractivity contribution in [3.63, 3.8) is 0 Å². The lowest BCUT2D eigenvalue weighted by atomic mass is 10.1. The first kappa shape index (κ1) is 18.9. The Balaban J connectivity index is 1.81. The molecule has 0 amide bonds. The first-order valence-electron chi connectivity index (χ1n) is 8.08. The molecule has 0 saturated heterocycles. The van der Waals surface area contributed by atoms with Gasteiger partial charge in [0.15, 0.2) is 0 Å². The second-order valence-corrected chi connectivity index (χ2v) is 7.50. The number of pyridine rings is 1. The molecule has 8 nitrogen and oxygen atoms in total. The van der Waals surface area contributed by atoms with Gasteiger partial charge in [-0.3, -0.25) is 9.67 Å². The van der Waals surface area contributed by atoms with Crippen LogP contribution in [0.25, 0.3) is 11.3 Å². The molecule has 2 aromatic heterocycles. The van der Waals surface area contributed by atoms with Crippen molar-refractivity contribution in [2.45, 2.75) is 11.4 Å². The predicted molar refractivity (Wildman–Crippen MR) is 100 cm³/mol. The fraction of sp³-hybridized carbons (Fsp3) is 0.222. The molecule has 27 heavy (non-hydrogen) atoms. The lowest BCUT2D eigenvalue weighted by Crippen LogP contribution is -2.24. The van der Waals surface area contributed by atoms with Gasteiger partial charge in [0.25, 0.3) is 0 Å². The molecule has 0 bridgehead atoms. The van der Waals surface area contributed by atoms with E-state index < -0.39 is 10.0 Å². The van der Waals surface area contributed by atoms with Crippen LogP contribution in [0.4, 0.5) is 0 Å². The zero-order chi connectivity index (χ0) is 19.4. The number of aromatic nitrogens is 3. The van der Waals surface area contributed by atoms with Crippen LogP contribution in [0, 0.1) is 0 Å². The van der Waals surface area contributed by atoms with E-state index in [4.69, 9.17) is 9.47 Å². The topological polar surface area (TPSA) is 95.3 Å². The summed E-state index contributed by atoms with van der Waals surface area (Å²) in [5.41, 5.74) is 2.47. The molecule has 1 N–H and O–H groups in total. The lowest BCUT2D eigenvalue weighted by molar-refractivity contribution is 0.386. The molecule has 0 aliphatic carbocycles. The standard InChI is InChI=1S/C18H20N4O4S/c1-22-16(6-7-20-22)14-8-13(10-19-12-14)11-21-27(23,24)18-5-4-15(25-2)9-17(18)26-3/h4-10,12,21H,11H2,1-3H3. The van der Waals surface area contributed by atoms with Gasteiger partial charge in [0, 0.05) is 43.8 Å². The van der Waals surface area contributed by atoms with Crippen LogP contribution in [0.2, 0.25) is 0 Å². The number of nitrogens with zero attached hydrogens (tertiary/aromatic N) is 3. The second-order valence-electron chi connectivity index (χ2n) is 5.76. The molecule has 0 fully saturated rings. The molecule has 0 aliphatic heterocycles. The molecule has 0 saturated carbocycles. The van der Waals surface area contributed by atoms with E-state index in [0.717, 1.165) is 16.8 Å². The van der Waals surface area contributed by atoms with Gasteiger partial charge in [0.1, 0.15) is 16.4 Å². The van der Waals surface area contributed by atoms with E-state index in [1.807, 2.05) is 19.2 Å². The highest BCUT2D eigenvalue weighted by Crippen LogP contribution is 2.28. The zero-order valence-electron chi connectivity index (χ0n) is 15.2. The average Bonchev–Trinajstić information content (AvgIpc) is 3.12. The van der Waals surface area contributed by atoms with Crippen LogP contribution in [0.5, 0.6) is 11.5 Å². The molecular formula is C18H20N4O4S. The van der Waals surface area contributed by atoms with Crippen molar-refractivity contribution in [1.29, 1.82) is 0 Å². The van der Waals surface area contributed by atoms with Crippen molar-refractivity contribution >= 4 is 10.0 Å². The summed E-state index contributed by atoms with van der Waals surface area (Å²) in [6, 6.07) is 8.29. The molecule has 2 heterocycles. The average molecular weight is 388 g/mol. The largest absolute Gasteiger partial charge is 0.497 e. The maximum Gasteiger partial charge on any atom is 0.244 e. The molecule has 0 unspecified atom stereocenters. The zero-order valence-corrected chi connectivity index (χ0v) is 16.0. The van der Waals surface area contributed by atoms with Crippen molar-refractivity contribution in [2.24, 2.45) is 7.05 Å². The number of sulfonamides is 1. The van der Waals surface area contributed by atoms with Crippen LogP contribution in [0.3, 0.4) is 0 Å². The predicted octanol–water partition coefficient (Wildman–Crippen LogP) is 1.98. The quantitative estimate of drug-likeness (QED) is 0.665. The second kappa shape index (κ2) is 7.77. The summed E-state index contributed by atoms with van der Waals surface area (Å²) < 4.78 is 40.0. The Bertz CT molecular complexity index is 1050. The number of benzene rings is 1. The summed E-state index contributed by atoms with van der Waals surface area (Å²) in [6.07, 6.45) is 5.02. The van der Waals surface area contributed by atoms with Crippen LogP contribution in [-0.4, -0.2) is 37.4 Å². The van der Waals surface area contributed by atoms with E-state index in [0.29, 0.717) is 5.75 Å². The highest BCUT2D eigenvalue weighted by Gasteiger charge is 2.20. The maximum absolute atomic E-state index is 12.7. The molecule has 3 rings (SSSR count). The molecule has 1 aromatic carbocycles. The minimum atomic E-state index is -3.78. The Hall–Kier alpha value is -2.91. The SMILES string of the molecule is COc1ccc(S(=O)(=O)NCc2cncc(-c3ccnn3C)c2)c(OC)c1. The van der Waals surface area contributed by atoms with Crippen LogP contribution in [0.1, 0.15) is 5.56 Å². The highest BCUT2D eigenvalue weighted by molar-refractivity contribution is 7.89. The number of ether oxygens (including phenoxy) is 2. The van der Waals surface area contributed by atoms with E-state index >= 15 is 0 Å². The number of hydrogen-bond donors (Lipinski definition) is 1. The van der Waals surface area contributed by atoms with E-state index in [2.05, 4.69) is 14.8 Å². The summed E-state index contributed by atoms with van der Waals surface area (Å²) >= 11 is 0. The minimum absolute atomic E-state index is 0.0431. The fourth-order valence-corrected chi connectivity index (χ4v) is 3.80.